The number of hydrogen-bond acceptors (Lipinski definition) is 9. The van der Waals surface area contributed by atoms with Gasteiger partial charge in [-0.1, -0.05) is 83.4 Å². The first kappa shape index (κ1) is 50.1. The van der Waals surface area contributed by atoms with Crippen molar-refractivity contribution < 1.29 is 33.4 Å². The van der Waals surface area contributed by atoms with E-state index >= 15 is 0 Å². The molecule has 10 atom stereocenters. The van der Waals surface area contributed by atoms with Crippen LogP contribution in [0.1, 0.15) is 100.0 Å². The lowest BCUT2D eigenvalue weighted by Crippen LogP contribution is -2.60. The summed E-state index contributed by atoms with van der Waals surface area (Å²) in [6.07, 6.45) is 1.04. The van der Waals surface area contributed by atoms with E-state index in [1.807, 2.05) is 85.7 Å². The molecule has 0 aliphatic carbocycles. The monoisotopic (exact) mass is 813 g/mol. The van der Waals surface area contributed by atoms with Gasteiger partial charge in [0.25, 0.3) is 0 Å². The largest absolute Gasteiger partial charge is 0.379 e. The van der Waals surface area contributed by atoms with E-state index < -0.39 is 71.6 Å². The van der Waals surface area contributed by atoms with Gasteiger partial charge in [-0.25, -0.2) is 0 Å². The predicted octanol–water partition coefficient (Wildman–Crippen LogP) is 5.07. The summed E-state index contributed by atoms with van der Waals surface area (Å²) in [5.74, 6) is -2.77. The number of nitrogens with one attached hydrogen (secondary N) is 3. The van der Waals surface area contributed by atoms with E-state index in [-0.39, 0.29) is 42.3 Å². The molecule has 15 nitrogen and oxygen atoms in total. The summed E-state index contributed by atoms with van der Waals surface area (Å²) < 4.78 is 12.0. The SMILES string of the molecule is CC[C@H](C)[C@@H]([C@@H](CC(=O)N1CCC[C@H]1[C@H](OC)[C@@H](C)C(=O)C[C@@H](Cc1ccccc1)C(=O)NC(C)(C)C)OC)N(C)C(=O)[C@@H](NC(=O)[C@@H](NC)C(C)C)[C@H](C)N=[N+]=[N-]. The molecule has 15 heteroatoms. The summed E-state index contributed by atoms with van der Waals surface area (Å²) in [5, 5.41) is 12.6. The minimum atomic E-state index is -1.17. The fourth-order valence-electron chi connectivity index (χ4n) is 8.16. The van der Waals surface area contributed by atoms with Crippen molar-refractivity contribution in [3.63, 3.8) is 0 Å². The second-order valence-corrected chi connectivity index (χ2v) is 17.3. The van der Waals surface area contributed by atoms with Crippen LogP contribution in [-0.4, -0.2) is 122 Å². The first-order valence-corrected chi connectivity index (χ1v) is 20.8. The fourth-order valence-corrected chi connectivity index (χ4v) is 8.16. The predicted molar refractivity (Wildman–Crippen MR) is 226 cm³/mol. The highest BCUT2D eigenvalue weighted by Gasteiger charge is 2.43. The molecule has 1 aliphatic heterocycles. The van der Waals surface area contributed by atoms with Gasteiger partial charge in [-0.2, -0.15) is 0 Å². The molecule has 0 spiro atoms. The van der Waals surface area contributed by atoms with Crippen molar-refractivity contribution in [2.24, 2.45) is 28.8 Å². The van der Waals surface area contributed by atoms with Gasteiger partial charge in [-0.05, 0) is 70.0 Å². The second-order valence-electron chi connectivity index (χ2n) is 17.3. The lowest BCUT2D eigenvalue weighted by atomic mass is 9.85. The average Bonchev–Trinajstić information content (AvgIpc) is 3.65. The zero-order chi connectivity index (χ0) is 43.9. The Kier molecular flexibility index (Phi) is 20.3. The summed E-state index contributed by atoms with van der Waals surface area (Å²) >= 11 is 0. The van der Waals surface area contributed by atoms with Crippen molar-refractivity contribution in [1.82, 2.24) is 25.8 Å². The van der Waals surface area contributed by atoms with Crippen LogP contribution in [0, 0.1) is 23.7 Å². The van der Waals surface area contributed by atoms with Gasteiger partial charge in [0, 0.05) is 56.5 Å². The van der Waals surface area contributed by atoms with Gasteiger partial charge < -0.3 is 35.2 Å². The molecule has 0 unspecified atom stereocenters. The summed E-state index contributed by atoms with van der Waals surface area (Å²) in [4.78, 5) is 75.6. The normalized spacial score (nSPS) is 19.1. The number of likely N-dealkylation sites (N-methyl/N-ethyl adjacent to an activating group) is 2. The van der Waals surface area contributed by atoms with Gasteiger partial charge in [-0.15, -0.1) is 0 Å². The number of rotatable bonds is 23. The number of carbonyl (C=O) groups is 5. The van der Waals surface area contributed by atoms with Crippen molar-refractivity contribution >= 4 is 29.4 Å². The number of amides is 4. The third-order valence-corrected chi connectivity index (χ3v) is 11.5. The number of ether oxygens (including phenoxy) is 2. The molecule has 1 heterocycles. The summed E-state index contributed by atoms with van der Waals surface area (Å²) in [6, 6.07) is 6.00. The number of nitrogens with zero attached hydrogens (tertiary/aromatic N) is 5. The van der Waals surface area contributed by atoms with Gasteiger partial charge in [0.05, 0.1) is 42.8 Å². The van der Waals surface area contributed by atoms with Crippen LogP contribution < -0.4 is 16.0 Å². The second kappa shape index (κ2) is 23.5. The first-order chi connectivity index (χ1) is 27.3. The van der Waals surface area contributed by atoms with Crippen LogP contribution >= 0.6 is 0 Å². The molecule has 4 amide bonds. The zero-order valence-electron chi connectivity index (χ0n) is 37.3. The number of ketones is 1. The quantitative estimate of drug-likeness (QED) is 0.0774. The Morgan fingerprint density at radius 1 is 0.983 bits per heavy atom. The van der Waals surface area contributed by atoms with E-state index in [0.717, 1.165) is 12.0 Å². The van der Waals surface area contributed by atoms with E-state index in [2.05, 4.69) is 26.0 Å². The van der Waals surface area contributed by atoms with Crippen LogP contribution in [0.3, 0.4) is 0 Å². The molecule has 1 fully saturated rings. The number of carbonyl (C=O) groups excluding carboxylic acids is 5. The Morgan fingerprint density at radius 3 is 2.14 bits per heavy atom. The molecule has 1 aliphatic rings. The summed E-state index contributed by atoms with van der Waals surface area (Å²) in [7, 11) is 6.34. The Hall–Kier alpha value is -4.04. The molecule has 0 saturated carbocycles. The van der Waals surface area contributed by atoms with Crippen molar-refractivity contribution in [3.05, 3.63) is 46.3 Å². The lowest BCUT2D eigenvalue weighted by Gasteiger charge is -2.41. The number of methoxy groups -OCH3 is 2. The standard InChI is InChI=1S/C43H72N8O7/c1-14-27(4)38(50(11)42(56)37(29(6)48-49-44)46-41(55)36(45-10)26(2)3)34(57-12)25-35(53)51-22-18-21-32(51)39(58-13)28(5)33(52)24-31(40(54)47-43(7,8)9)23-30-19-16-15-17-20-30/h15-17,19-20,26-29,31-32,34,36-39,45H,14,18,21-25H2,1-13H3,(H,46,55)(H,47,54)/t27-,28-,29-,31+,32-,34+,36-,37-,38-,39+/m0/s1. The molecule has 1 aromatic rings. The average molecular weight is 813 g/mol. The third-order valence-electron chi connectivity index (χ3n) is 11.5. The highest BCUT2D eigenvalue weighted by Crippen LogP contribution is 2.31. The van der Waals surface area contributed by atoms with Crippen molar-refractivity contribution in [3.8, 4) is 0 Å². The molecular formula is C43H72N8O7. The van der Waals surface area contributed by atoms with E-state index in [0.29, 0.717) is 25.8 Å². The van der Waals surface area contributed by atoms with E-state index in [1.165, 1.54) is 12.0 Å². The third kappa shape index (κ3) is 14.1. The molecule has 0 radical (unpaired) electrons. The zero-order valence-corrected chi connectivity index (χ0v) is 37.3. The molecule has 2 rings (SSSR count). The first-order valence-electron chi connectivity index (χ1n) is 20.8. The Morgan fingerprint density at radius 2 is 1.62 bits per heavy atom. The topological polar surface area (TPSA) is 195 Å². The number of azide groups is 1. The Labute approximate surface area is 346 Å². The van der Waals surface area contributed by atoms with Crippen LogP contribution in [0.5, 0.6) is 0 Å². The summed E-state index contributed by atoms with van der Waals surface area (Å²) in [5.41, 5.74) is 9.74. The Balaban J connectivity index is 2.35. The van der Waals surface area contributed by atoms with Crippen LogP contribution in [0.25, 0.3) is 10.4 Å². The molecule has 0 bridgehead atoms. The van der Waals surface area contributed by atoms with Crippen molar-refractivity contribution in [1.29, 1.82) is 0 Å². The molecule has 1 aromatic carbocycles. The van der Waals surface area contributed by atoms with Crippen LogP contribution in [0.4, 0.5) is 0 Å². The molecule has 3 N–H and O–H groups in total. The van der Waals surface area contributed by atoms with Crippen molar-refractivity contribution in [2.75, 3.05) is 34.9 Å². The van der Waals surface area contributed by atoms with Gasteiger partial charge in [0.1, 0.15) is 11.8 Å². The van der Waals surface area contributed by atoms with Crippen molar-refractivity contribution in [2.45, 2.75) is 149 Å². The maximum Gasteiger partial charge on any atom is 0.245 e. The lowest BCUT2D eigenvalue weighted by molar-refractivity contribution is -0.147. The molecule has 326 valence electrons. The minimum Gasteiger partial charge on any atom is -0.379 e. The number of benzene rings is 1. The highest BCUT2D eigenvalue weighted by molar-refractivity contribution is 5.91. The molecular weight excluding hydrogens is 741 g/mol. The van der Waals surface area contributed by atoms with E-state index in [1.54, 1.807) is 33.0 Å². The van der Waals surface area contributed by atoms with Gasteiger partial charge >= 0.3 is 0 Å². The number of Topliss-reactive ketones (excluding diaryl/α,β-unsaturated/α-hetero) is 1. The maximum atomic E-state index is 14.3. The minimum absolute atomic E-state index is 0.0219. The number of likely N-dealkylation sites (tertiary alicyclic amines) is 1. The highest BCUT2D eigenvalue weighted by atomic mass is 16.5. The molecule has 1 saturated heterocycles. The fraction of sp³-hybridized carbons (Fsp3) is 0.744. The van der Waals surface area contributed by atoms with Crippen LogP contribution in [0.15, 0.2) is 35.4 Å². The van der Waals surface area contributed by atoms with Crippen LogP contribution in [-0.2, 0) is 39.9 Å². The van der Waals surface area contributed by atoms with Gasteiger partial charge in [-0.3, -0.25) is 24.0 Å². The molecule has 58 heavy (non-hydrogen) atoms. The maximum absolute atomic E-state index is 14.3. The Bertz CT molecular complexity index is 1550. The van der Waals surface area contributed by atoms with Gasteiger partial charge in [0.15, 0.2) is 0 Å². The van der Waals surface area contributed by atoms with Crippen LogP contribution in [0.2, 0.25) is 0 Å². The molecule has 0 aromatic heterocycles. The smallest absolute Gasteiger partial charge is 0.245 e. The van der Waals surface area contributed by atoms with E-state index in [4.69, 9.17) is 9.47 Å². The number of hydrogen-bond donors (Lipinski definition) is 3. The van der Waals surface area contributed by atoms with Gasteiger partial charge in [0.2, 0.25) is 23.6 Å². The summed E-state index contributed by atoms with van der Waals surface area (Å²) in [6.45, 7) is 17.3. The van der Waals surface area contributed by atoms with E-state index in [9.17, 15) is 29.5 Å².